The number of nitrogens with two attached hydrogens (primary N) is 2. The molecule has 4 amide bonds. The van der Waals surface area contributed by atoms with Crippen LogP contribution in [0.2, 0.25) is 0 Å². The lowest BCUT2D eigenvalue weighted by atomic mass is 10.0. The number of hydrogen-bond donors (Lipinski definition) is 7. The van der Waals surface area contributed by atoms with Gasteiger partial charge in [0.25, 0.3) is 0 Å². The lowest BCUT2D eigenvalue weighted by Crippen LogP contribution is -2.58. The Balaban J connectivity index is 3.15. The van der Waals surface area contributed by atoms with Gasteiger partial charge in [-0.3, -0.25) is 24.0 Å². The number of rotatable bonds is 16. The summed E-state index contributed by atoms with van der Waals surface area (Å²) in [7, 11) is 0. The standard InChI is InChI=1S/C24H35N5O8/c1-13(2)10-15(25)21(33)27-16(8-9-19(26)30)22(34)28-17(11-14-6-4-3-5-7-14)23(35)29-18(24(36)37)12-20(31)32/h3-7,13,15-18H,8-12,25H2,1-2H3,(H2,26,30)(H,27,33)(H,28,34)(H,29,35)(H,31,32)(H,36,37). The van der Waals surface area contributed by atoms with Crippen molar-refractivity contribution in [3.8, 4) is 0 Å². The molecule has 0 heterocycles. The fourth-order valence-electron chi connectivity index (χ4n) is 3.43. The van der Waals surface area contributed by atoms with Crippen LogP contribution in [-0.2, 0) is 35.2 Å². The zero-order valence-corrected chi connectivity index (χ0v) is 20.8. The summed E-state index contributed by atoms with van der Waals surface area (Å²) >= 11 is 0. The molecule has 0 saturated carbocycles. The van der Waals surface area contributed by atoms with E-state index in [0.29, 0.717) is 12.0 Å². The number of amides is 4. The van der Waals surface area contributed by atoms with Crippen LogP contribution in [0, 0.1) is 5.92 Å². The highest BCUT2D eigenvalue weighted by molar-refractivity contribution is 5.95. The smallest absolute Gasteiger partial charge is 0.326 e. The van der Waals surface area contributed by atoms with Gasteiger partial charge in [0.05, 0.1) is 12.5 Å². The van der Waals surface area contributed by atoms with E-state index in [1.165, 1.54) is 0 Å². The average Bonchev–Trinajstić information content (AvgIpc) is 2.80. The number of carbonyl (C=O) groups is 6. The average molecular weight is 522 g/mol. The summed E-state index contributed by atoms with van der Waals surface area (Å²) in [6.45, 7) is 3.73. The van der Waals surface area contributed by atoms with E-state index < -0.39 is 66.2 Å². The molecule has 0 aliphatic carbocycles. The number of carboxylic acid groups (broad SMARTS) is 2. The Labute approximate surface area is 214 Å². The van der Waals surface area contributed by atoms with Gasteiger partial charge in [0.2, 0.25) is 23.6 Å². The highest BCUT2D eigenvalue weighted by atomic mass is 16.4. The van der Waals surface area contributed by atoms with Crippen molar-refractivity contribution in [3.63, 3.8) is 0 Å². The highest BCUT2D eigenvalue weighted by Gasteiger charge is 2.31. The maximum absolute atomic E-state index is 13.1. The number of carbonyl (C=O) groups excluding carboxylic acids is 4. The second-order valence-electron chi connectivity index (χ2n) is 9.05. The van der Waals surface area contributed by atoms with E-state index in [1.54, 1.807) is 30.3 Å². The van der Waals surface area contributed by atoms with Crippen molar-refractivity contribution in [1.29, 1.82) is 0 Å². The first kappa shape index (κ1) is 31.0. The van der Waals surface area contributed by atoms with Crippen molar-refractivity contribution >= 4 is 35.6 Å². The molecule has 4 atom stereocenters. The zero-order valence-electron chi connectivity index (χ0n) is 20.8. The van der Waals surface area contributed by atoms with Crippen LogP contribution in [0.3, 0.4) is 0 Å². The zero-order chi connectivity index (χ0) is 28.1. The molecular formula is C24H35N5O8. The van der Waals surface area contributed by atoms with Gasteiger partial charge in [-0.1, -0.05) is 44.2 Å². The number of carboxylic acids is 2. The molecule has 0 aliphatic heterocycles. The number of nitrogens with one attached hydrogen (secondary N) is 3. The molecular weight excluding hydrogens is 486 g/mol. The normalized spacial score (nSPS) is 14.1. The molecule has 9 N–H and O–H groups in total. The first-order valence-electron chi connectivity index (χ1n) is 11.7. The Morgan fingerprint density at radius 2 is 1.38 bits per heavy atom. The number of aliphatic carboxylic acids is 2. The second kappa shape index (κ2) is 15.2. The Kier molecular flexibility index (Phi) is 12.7. The lowest BCUT2D eigenvalue weighted by molar-refractivity contribution is -0.147. The van der Waals surface area contributed by atoms with Gasteiger partial charge < -0.3 is 37.6 Å². The van der Waals surface area contributed by atoms with Gasteiger partial charge in [-0.2, -0.15) is 0 Å². The van der Waals surface area contributed by atoms with Crippen LogP contribution in [0.15, 0.2) is 30.3 Å². The lowest BCUT2D eigenvalue weighted by Gasteiger charge is -2.25. The molecule has 0 saturated heterocycles. The quantitative estimate of drug-likeness (QED) is 0.139. The summed E-state index contributed by atoms with van der Waals surface area (Å²) in [4.78, 5) is 72.4. The van der Waals surface area contributed by atoms with Gasteiger partial charge in [-0.15, -0.1) is 0 Å². The van der Waals surface area contributed by atoms with Crippen LogP contribution in [0.5, 0.6) is 0 Å². The van der Waals surface area contributed by atoms with Crippen molar-refractivity contribution in [2.75, 3.05) is 0 Å². The van der Waals surface area contributed by atoms with Gasteiger partial charge in [0.15, 0.2) is 0 Å². The monoisotopic (exact) mass is 521 g/mol. The van der Waals surface area contributed by atoms with Crippen molar-refractivity contribution < 1.29 is 39.0 Å². The molecule has 204 valence electrons. The molecule has 1 aromatic rings. The van der Waals surface area contributed by atoms with Gasteiger partial charge in [-0.25, -0.2) is 4.79 Å². The minimum absolute atomic E-state index is 0.0683. The summed E-state index contributed by atoms with van der Waals surface area (Å²) < 4.78 is 0. The van der Waals surface area contributed by atoms with Crippen molar-refractivity contribution in [1.82, 2.24) is 16.0 Å². The molecule has 13 heteroatoms. The molecule has 0 aromatic heterocycles. The molecule has 4 unspecified atom stereocenters. The third kappa shape index (κ3) is 12.0. The van der Waals surface area contributed by atoms with Crippen molar-refractivity contribution in [3.05, 3.63) is 35.9 Å². The maximum atomic E-state index is 13.1. The van der Waals surface area contributed by atoms with E-state index >= 15 is 0 Å². The van der Waals surface area contributed by atoms with E-state index in [9.17, 15) is 33.9 Å². The number of benzene rings is 1. The summed E-state index contributed by atoms with van der Waals surface area (Å²) in [5.41, 5.74) is 11.7. The third-order valence-corrected chi connectivity index (χ3v) is 5.28. The molecule has 37 heavy (non-hydrogen) atoms. The molecule has 0 spiro atoms. The van der Waals surface area contributed by atoms with Crippen molar-refractivity contribution in [2.45, 2.75) is 70.1 Å². The van der Waals surface area contributed by atoms with Crippen LogP contribution in [0.4, 0.5) is 0 Å². The summed E-state index contributed by atoms with van der Waals surface area (Å²) in [6.07, 6.45) is -1.01. The Morgan fingerprint density at radius 3 is 1.89 bits per heavy atom. The van der Waals surface area contributed by atoms with Crippen LogP contribution >= 0.6 is 0 Å². The number of primary amides is 1. The van der Waals surface area contributed by atoms with E-state index in [1.807, 2.05) is 13.8 Å². The molecule has 0 aliphatic rings. The van der Waals surface area contributed by atoms with E-state index in [0.717, 1.165) is 0 Å². The predicted octanol–water partition coefficient (Wildman–Crippen LogP) is -1.12. The topological polar surface area (TPSA) is 231 Å². The first-order chi connectivity index (χ1) is 17.3. The summed E-state index contributed by atoms with van der Waals surface area (Å²) in [5.74, 6) is -6.01. The fraction of sp³-hybridized carbons (Fsp3) is 0.500. The first-order valence-corrected chi connectivity index (χ1v) is 11.7. The molecule has 1 rings (SSSR count). The predicted molar refractivity (Wildman–Crippen MR) is 132 cm³/mol. The second-order valence-corrected chi connectivity index (χ2v) is 9.05. The molecule has 13 nitrogen and oxygen atoms in total. The maximum Gasteiger partial charge on any atom is 0.326 e. The van der Waals surface area contributed by atoms with Crippen LogP contribution < -0.4 is 27.4 Å². The third-order valence-electron chi connectivity index (χ3n) is 5.28. The Morgan fingerprint density at radius 1 is 0.838 bits per heavy atom. The van der Waals surface area contributed by atoms with Crippen molar-refractivity contribution in [2.24, 2.45) is 17.4 Å². The van der Waals surface area contributed by atoms with E-state index in [4.69, 9.17) is 16.6 Å². The van der Waals surface area contributed by atoms with E-state index in [-0.39, 0.29) is 25.2 Å². The molecule has 0 fully saturated rings. The number of hydrogen-bond acceptors (Lipinski definition) is 7. The van der Waals surface area contributed by atoms with E-state index in [2.05, 4.69) is 16.0 Å². The minimum atomic E-state index is -1.74. The molecule has 0 radical (unpaired) electrons. The van der Waals surface area contributed by atoms with Gasteiger partial charge in [0, 0.05) is 12.8 Å². The van der Waals surface area contributed by atoms with Gasteiger partial charge in [0.1, 0.15) is 18.1 Å². The Hall–Kier alpha value is -4.00. The summed E-state index contributed by atoms with van der Waals surface area (Å²) in [6, 6.07) is 3.23. The Bertz CT molecular complexity index is 969. The van der Waals surface area contributed by atoms with Crippen LogP contribution in [-0.4, -0.2) is 69.9 Å². The van der Waals surface area contributed by atoms with Crippen LogP contribution in [0.1, 0.15) is 45.1 Å². The van der Waals surface area contributed by atoms with Gasteiger partial charge >= 0.3 is 11.9 Å². The highest BCUT2D eigenvalue weighted by Crippen LogP contribution is 2.08. The summed E-state index contributed by atoms with van der Waals surface area (Å²) in [5, 5.41) is 25.3. The van der Waals surface area contributed by atoms with Crippen LogP contribution in [0.25, 0.3) is 0 Å². The minimum Gasteiger partial charge on any atom is -0.481 e. The van der Waals surface area contributed by atoms with Gasteiger partial charge in [-0.05, 0) is 24.3 Å². The largest absolute Gasteiger partial charge is 0.481 e. The molecule has 1 aromatic carbocycles. The SMILES string of the molecule is CC(C)CC(N)C(=O)NC(CCC(N)=O)C(=O)NC(Cc1ccccc1)C(=O)NC(CC(=O)O)C(=O)O. The fourth-order valence-corrected chi connectivity index (χ4v) is 3.43. The molecule has 0 bridgehead atoms.